The molecule has 2 heterocycles. The Morgan fingerprint density at radius 2 is 1.97 bits per heavy atom. The van der Waals surface area contributed by atoms with Gasteiger partial charge >= 0.3 is 6.03 Å². The predicted octanol–water partition coefficient (Wildman–Crippen LogP) is 2.86. The standard InChI is InChI=1S/C23H28FN3O4S/c1-3-32(29,30)25-20-10-11-27-21(20)15-16-6-4-7-17(14-16)18-8-5-9-19(24)22(18)31-13-12-26(2)23(27)28/h4-9,14,20-21,25H,3,10-13,15H2,1-2H3. The van der Waals surface area contributed by atoms with E-state index < -0.39 is 15.8 Å². The molecule has 0 spiro atoms. The quantitative estimate of drug-likeness (QED) is 0.763. The molecule has 2 aromatic carbocycles. The highest BCUT2D eigenvalue weighted by atomic mass is 32.2. The largest absolute Gasteiger partial charge is 0.488 e. The fourth-order valence-electron chi connectivity index (χ4n) is 4.38. The van der Waals surface area contributed by atoms with Crippen LogP contribution in [-0.2, 0) is 16.4 Å². The minimum atomic E-state index is -3.42. The Morgan fingerprint density at radius 1 is 1.19 bits per heavy atom. The third kappa shape index (κ3) is 4.59. The number of fused-ring (bicyclic) bond motifs is 5. The molecular weight excluding hydrogens is 433 g/mol. The van der Waals surface area contributed by atoms with Gasteiger partial charge in [-0.3, -0.25) is 0 Å². The second-order valence-electron chi connectivity index (χ2n) is 8.25. The number of hydrogen-bond donors (Lipinski definition) is 1. The summed E-state index contributed by atoms with van der Waals surface area (Å²) in [5, 5.41) is 0. The van der Waals surface area contributed by atoms with Crippen LogP contribution in [0.4, 0.5) is 9.18 Å². The van der Waals surface area contributed by atoms with Crippen molar-refractivity contribution >= 4 is 16.1 Å². The summed E-state index contributed by atoms with van der Waals surface area (Å²) < 4.78 is 47.7. The molecule has 9 heteroatoms. The lowest BCUT2D eigenvalue weighted by Gasteiger charge is -2.32. The molecule has 1 N–H and O–H groups in total. The summed E-state index contributed by atoms with van der Waals surface area (Å²) in [5.41, 5.74) is 2.39. The SMILES string of the molecule is CCS(=O)(=O)NC1CCN2C(=O)N(C)CCOc3c(F)cccc3-c3cccc(c3)CC12. The monoisotopic (exact) mass is 461 g/mol. The zero-order chi connectivity index (χ0) is 22.9. The van der Waals surface area contributed by atoms with Gasteiger partial charge in [0.1, 0.15) is 6.61 Å². The number of sulfonamides is 1. The molecule has 1 saturated heterocycles. The van der Waals surface area contributed by atoms with Crippen LogP contribution in [0.2, 0.25) is 0 Å². The number of likely N-dealkylation sites (N-methyl/N-ethyl adjacent to an activating group) is 1. The van der Waals surface area contributed by atoms with E-state index in [1.165, 1.54) is 11.0 Å². The molecule has 2 aliphatic rings. The van der Waals surface area contributed by atoms with Crippen molar-refractivity contribution in [3.63, 3.8) is 0 Å². The highest BCUT2D eigenvalue weighted by Gasteiger charge is 2.40. The maximum atomic E-state index is 14.6. The number of urea groups is 1. The number of rotatable bonds is 3. The first-order valence-electron chi connectivity index (χ1n) is 10.8. The molecule has 172 valence electrons. The highest BCUT2D eigenvalue weighted by molar-refractivity contribution is 7.89. The second kappa shape index (κ2) is 9.07. The van der Waals surface area contributed by atoms with E-state index >= 15 is 0 Å². The van der Waals surface area contributed by atoms with E-state index in [2.05, 4.69) is 4.72 Å². The molecule has 0 saturated carbocycles. The topological polar surface area (TPSA) is 79.0 Å². The predicted molar refractivity (Wildman–Crippen MR) is 121 cm³/mol. The summed E-state index contributed by atoms with van der Waals surface area (Å²) in [6, 6.07) is 11.6. The fraction of sp³-hybridized carbons (Fsp3) is 0.435. The van der Waals surface area contributed by atoms with Crippen molar-refractivity contribution in [1.82, 2.24) is 14.5 Å². The Bertz CT molecular complexity index is 1110. The zero-order valence-corrected chi connectivity index (χ0v) is 19.1. The van der Waals surface area contributed by atoms with Crippen molar-refractivity contribution in [3.05, 3.63) is 53.8 Å². The lowest BCUT2D eigenvalue weighted by molar-refractivity contribution is 0.146. The molecule has 4 rings (SSSR count). The van der Waals surface area contributed by atoms with Crippen molar-refractivity contribution in [2.45, 2.75) is 31.8 Å². The van der Waals surface area contributed by atoms with Gasteiger partial charge in [-0.05, 0) is 37.0 Å². The minimum Gasteiger partial charge on any atom is -0.488 e. The minimum absolute atomic E-state index is 0.0146. The third-order valence-electron chi connectivity index (χ3n) is 6.15. The van der Waals surface area contributed by atoms with Crippen LogP contribution in [0.3, 0.4) is 0 Å². The number of ether oxygens (including phenoxy) is 1. The van der Waals surface area contributed by atoms with Crippen LogP contribution < -0.4 is 9.46 Å². The first-order valence-corrected chi connectivity index (χ1v) is 12.5. The lowest BCUT2D eigenvalue weighted by Crippen LogP contribution is -2.51. The Morgan fingerprint density at radius 3 is 2.75 bits per heavy atom. The average molecular weight is 462 g/mol. The summed E-state index contributed by atoms with van der Waals surface area (Å²) in [5.74, 6) is -0.301. The van der Waals surface area contributed by atoms with Crippen LogP contribution >= 0.6 is 0 Å². The van der Waals surface area contributed by atoms with Gasteiger partial charge in [0.25, 0.3) is 0 Å². The van der Waals surface area contributed by atoms with Crippen LogP contribution in [0.25, 0.3) is 11.1 Å². The molecule has 2 aliphatic heterocycles. The summed E-state index contributed by atoms with van der Waals surface area (Å²) in [4.78, 5) is 16.5. The van der Waals surface area contributed by atoms with Crippen molar-refractivity contribution < 1.29 is 22.3 Å². The van der Waals surface area contributed by atoms with Crippen molar-refractivity contribution in [2.24, 2.45) is 0 Å². The zero-order valence-electron chi connectivity index (χ0n) is 18.3. The first kappa shape index (κ1) is 22.5. The molecule has 7 nitrogen and oxygen atoms in total. The Hall–Kier alpha value is -2.65. The van der Waals surface area contributed by atoms with Crippen LogP contribution in [0.5, 0.6) is 5.75 Å². The van der Waals surface area contributed by atoms with Crippen LogP contribution in [0.15, 0.2) is 42.5 Å². The molecule has 2 aromatic rings. The van der Waals surface area contributed by atoms with Gasteiger partial charge in [-0.1, -0.05) is 36.4 Å². The molecule has 32 heavy (non-hydrogen) atoms. The van der Waals surface area contributed by atoms with Crippen LogP contribution in [-0.4, -0.2) is 68.8 Å². The molecule has 2 atom stereocenters. The van der Waals surface area contributed by atoms with Crippen LogP contribution in [0.1, 0.15) is 18.9 Å². The van der Waals surface area contributed by atoms with E-state index in [1.54, 1.807) is 24.9 Å². The summed E-state index contributed by atoms with van der Waals surface area (Å²) in [6.07, 6.45) is 1.03. The maximum Gasteiger partial charge on any atom is 0.320 e. The normalized spacial score (nSPS) is 21.7. The second-order valence-corrected chi connectivity index (χ2v) is 10.3. The Kier molecular flexibility index (Phi) is 6.39. The number of hydrogen-bond acceptors (Lipinski definition) is 4. The van der Waals surface area contributed by atoms with E-state index in [-0.39, 0.29) is 42.8 Å². The van der Waals surface area contributed by atoms with E-state index in [1.807, 2.05) is 30.3 Å². The van der Waals surface area contributed by atoms with Gasteiger partial charge in [0.2, 0.25) is 10.0 Å². The van der Waals surface area contributed by atoms with E-state index in [9.17, 15) is 17.6 Å². The average Bonchev–Trinajstić information content (AvgIpc) is 3.15. The number of nitrogens with one attached hydrogen (secondary N) is 1. The fourth-order valence-corrected chi connectivity index (χ4v) is 5.29. The molecule has 2 unspecified atom stereocenters. The Labute approximate surface area is 188 Å². The number of nitrogens with zero attached hydrogens (tertiary/aromatic N) is 2. The van der Waals surface area contributed by atoms with Crippen LogP contribution in [0, 0.1) is 5.82 Å². The van der Waals surface area contributed by atoms with E-state index in [4.69, 9.17) is 4.74 Å². The summed E-state index contributed by atoms with van der Waals surface area (Å²) in [6.45, 7) is 2.47. The molecule has 2 amide bonds. The van der Waals surface area contributed by atoms with E-state index in [0.29, 0.717) is 24.9 Å². The van der Waals surface area contributed by atoms with Crippen molar-refractivity contribution in [3.8, 4) is 16.9 Å². The summed E-state index contributed by atoms with van der Waals surface area (Å²) in [7, 11) is -1.74. The lowest BCUT2D eigenvalue weighted by atomic mass is 9.96. The molecule has 0 radical (unpaired) electrons. The van der Waals surface area contributed by atoms with Gasteiger partial charge in [0.05, 0.1) is 18.3 Å². The highest BCUT2D eigenvalue weighted by Crippen LogP contribution is 2.34. The van der Waals surface area contributed by atoms with Gasteiger partial charge < -0.3 is 14.5 Å². The van der Waals surface area contributed by atoms with E-state index in [0.717, 1.165) is 11.1 Å². The van der Waals surface area contributed by atoms with Gasteiger partial charge in [-0.15, -0.1) is 0 Å². The number of para-hydroxylation sites is 1. The van der Waals surface area contributed by atoms with Crippen molar-refractivity contribution in [2.75, 3.05) is 32.5 Å². The van der Waals surface area contributed by atoms with Gasteiger partial charge in [0.15, 0.2) is 11.6 Å². The van der Waals surface area contributed by atoms with Gasteiger partial charge in [-0.25, -0.2) is 22.3 Å². The summed E-state index contributed by atoms with van der Waals surface area (Å²) >= 11 is 0. The molecular formula is C23H28FN3O4S. The third-order valence-corrected chi connectivity index (χ3v) is 7.57. The molecule has 2 bridgehead atoms. The first-order chi connectivity index (χ1) is 15.3. The van der Waals surface area contributed by atoms with Gasteiger partial charge in [0, 0.05) is 25.2 Å². The molecule has 1 fully saturated rings. The number of carbonyl (C=O) groups excluding carboxylic acids is 1. The number of amides is 2. The van der Waals surface area contributed by atoms with Crippen molar-refractivity contribution in [1.29, 1.82) is 0 Å². The maximum absolute atomic E-state index is 14.6. The molecule has 0 aliphatic carbocycles. The van der Waals surface area contributed by atoms with Gasteiger partial charge in [-0.2, -0.15) is 0 Å². The smallest absolute Gasteiger partial charge is 0.320 e. The number of benzene rings is 2. The molecule has 0 aromatic heterocycles. The number of carbonyl (C=O) groups is 1. The Balaban J connectivity index is 1.75. The number of halogens is 1.